The number of carbonyl (C=O) groups excluding carboxylic acids is 2. The highest BCUT2D eigenvalue weighted by molar-refractivity contribution is 6.05. The molecule has 0 saturated carbocycles. The molecule has 0 spiro atoms. The summed E-state index contributed by atoms with van der Waals surface area (Å²) in [7, 11) is 1.44. The number of pyridine rings is 1. The first-order chi connectivity index (χ1) is 14.1. The Balaban J connectivity index is 1.85. The largest absolute Gasteiger partial charge is 0.416 e. The Kier molecular flexibility index (Phi) is 6.00. The molecule has 6 nitrogen and oxygen atoms in total. The predicted molar refractivity (Wildman–Crippen MR) is 105 cm³/mol. The van der Waals surface area contributed by atoms with E-state index in [-0.39, 0.29) is 22.7 Å². The third kappa shape index (κ3) is 4.72. The van der Waals surface area contributed by atoms with Crippen molar-refractivity contribution in [2.75, 3.05) is 18.4 Å². The second kappa shape index (κ2) is 8.33. The zero-order chi connectivity index (χ0) is 22.1. The number of aryl methyl sites for hydroxylation is 1. The van der Waals surface area contributed by atoms with Gasteiger partial charge in [0.1, 0.15) is 5.69 Å². The number of alkyl halides is 3. The van der Waals surface area contributed by atoms with Gasteiger partial charge in [0.25, 0.3) is 17.4 Å². The van der Waals surface area contributed by atoms with Gasteiger partial charge in [-0.05, 0) is 43.0 Å². The Labute approximate surface area is 171 Å². The number of nitrogens with one attached hydrogen (secondary N) is 1. The van der Waals surface area contributed by atoms with Crippen LogP contribution in [-0.4, -0.2) is 34.4 Å². The molecular formula is C21H22F3N3O3. The molecule has 9 heteroatoms. The highest BCUT2D eigenvalue weighted by Gasteiger charge is 2.31. The van der Waals surface area contributed by atoms with Crippen molar-refractivity contribution in [3.63, 3.8) is 0 Å². The molecule has 2 amide bonds. The SMILES string of the molecule is CC1CCN(C(=O)c2cc(NC(=O)c3cccc(C(F)(F)F)c3)c(=O)n(C)c2)CC1. The molecule has 1 fully saturated rings. The third-order valence-electron chi connectivity index (χ3n) is 5.20. The Morgan fingerprint density at radius 3 is 2.40 bits per heavy atom. The number of rotatable bonds is 3. The molecule has 30 heavy (non-hydrogen) atoms. The molecule has 3 rings (SSSR count). The monoisotopic (exact) mass is 421 g/mol. The van der Waals surface area contributed by atoms with E-state index in [1.807, 2.05) is 0 Å². The first-order valence-electron chi connectivity index (χ1n) is 9.55. The van der Waals surface area contributed by atoms with Crippen LogP contribution in [0.15, 0.2) is 41.3 Å². The van der Waals surface area contributed by atoms with Gasteiger partial charge in [0.05, 0.1) is 11.1 Å². The van der Waals surface area contributed by atoms with Crippen molar-refractivity contribution in [3.05, 3.63) is 63.6 Å². The molecule has 1 aromatic heterocycles. The first-order valence-corrected chi connectivity index (χ1v) is 9.55. The van der Waals surface area contributed by atoms with E-state index in [1.54, 1.807) is 4.90 Å². The van der Waals surface area contributed by atoms with Gasteiger partial charge in [-0.3, -0.25) is 14.4 Å². The van der Waals surface area contributed by atoms with E-state index in [9.17, 15) is 27.6 Å². The molecule has 160 valence electrons. The molecule has 1 saturated heterocycles. The second-order valence-corrected chi connectivity index (χ2v) is 7.57. The van der Waals surface area contributed by atoms with E-state index in [0.29, 0.717) is 25.1 Å². The van der Waals surface area contributed by atoms with Gasteiger partial charge in [-0.15, -0.1) is 0 Å². The van der Waals surface area contributed by atoms with Crippen molar-refractivity contribution in [2.45, 2.75) is 25.9 Å². The van der Waals surface area contributed by atoms with E-state index >= 15 is 0 Å². The lowest BCUT2D eigenvalue weighted by atomic mass is 9.99. The highest BCUT2D eigenvalue weighted by atomic mass is 19.4. The molecule has 1 N–H and O–H groups in total. The van der Waals surface area contributed by atoms with Crippen molar-refractivity contribution >= 4 is 17.5 Å². The molecule has 2 aromatic rings. The number of amides is 2. The number of likely N-dealkylation sites (tertiary alicyclic amines) is 1. The number of piperidine rings is 1. The predicted octanol–water partition coefficient (Wildman–Crippen LogP) is 3.53. The molecule has 0 atom stereocenters. The van der Waals surface area contributed by atoms with Crippen molar-refractivity contribution in [3.8, 4) is 0 Å². The average molecular weight is 421 g/mol. The highest BCUT2D eigenvalue weighted by Crippen LogP contribution is 2.29. The minimum absolute atomic E-state index is 0.170. The van der Waals surface area contributed by atoms with Gasteiger partial charge in [-0.2, -0.15) is 13.2 Å². The van der Waals surface area contributed by atoms with Gasteiger partial charge >= 0.3 is 6.18 Å². The summed E-state index contributed by atoms with van der Waals surface area (Å²) in [6.45, 7) is 3.33. The van der Waals surface area contributed by atoms with Crippen LogP contribution in [0.1, 0.15) is 46.0 Å². The summed E-state index contributed by atoms with van der Waals surface area (Å²) in [5, 5.41) is 2.34. The lowest BCUT2D eigenvalue weighted by molar-refractivity contribution is -0.137. The van der Waals surface area contributed by atoms with Gasteiger partial charge in [-0.25, -0.2) is 0 Å². The number of nitrogens with zero attached hydrogens (tertiary/aromatic N) is 2. The van der Waals surface area contributed by atoms with Crippen LogP contribution in [0, 0.1) is 5.92 Å². The van der Waals surface area contributed by atoms with Crippen molar-refractivity contribution in [1.29, 1.82) is 0 Å². The number of halogens is 3. The van der Waals surface area contributed by atoms with Crippen LogP contribution in [0.4, 0.5) is 18.9 Å². The van der Waals surface area contributed by atoms with Gasteiger partial charge in [-0.1, -0.05) is 13.0 Å². The summed E-state index contributed by atoms with van der Waals surface area (Å²) in [6.07, 6.45) is -1.43. The summed E-state index contributed by atoms with van der Waals surface area (Å²) < 4.78 is 39.8. The summed E-state index contributed by atoms with van der Waals surface area (Å²) in [6, 6.07) is 5.18. The van der Waals surface area contributed by atoms with Gasteiger partial charge in [0.15, 0.2) is 0 Å². The number of hydrogen-bond acceptors (Lipinski definition) is 3. The van der Waals surface area contributed by atoms with Crippen LogP contribution in [0.25, 0.3) is 0 Å². The molecule has 0 unspecified atom stereocenters. The topological polar surface area (TPSA) is 71.4 Å². The summed E-state index contributed by atoms with van der Waals surface area (Å²) >= 11 is 0. The first kappa shape index (κ1) is 21.6. The second-order valence-electron chi connectivity index (χ2n) is 7.57. The zero-order valence-corrected chi connectivity index (χ0v) is 16.6. The Morgan fingerprint density at radius 1 is 1.10 bits per heavy atom. The average Bonchev–Trinajstić information content (AvgIpc) is 2.70. The normalized spacial score (nSPS) is 15.2. The maximum absolute atomic E-state index is 12.9. The molecule has 1 aliphatic rings. The maximum Gasteiger partial charge on any atom is 0.416 e. The molecule has 0 bridgehead atoms. The van der Waals surface area contributed by atoms with Crippen LogP contribution in [0.3, 0.4) is 0 Å². The fraction of sp³-hybridized carbons (Fsp3) is 0.381. The molecule has 0 radical (unpaired) electrons. The lowest BCUT2D eigenvalue weighted by Gasteiger charge is -2.30. The van der Waals surface area contributed by atoms with Crippen LogP contribution in [0.2, 0.25) is 0 Å². The van der Waals surface area contributed by atoms with Crippen molar-refractivity contribution < 1.29 is 22.8 Å². The van der Waals surface area contributed by atoms with Gasteiger partial charge in [0.2, 0.25) is 0 Å². The minimum Gasteiger partial charge on any atom is -0.339 e. The number of aromatic nitrogens is 1. The number of benzene rings is 1. The van der Waals surface area contributed by atoms with Crippen LogP contribution < -0.4 is 10.9 Å². The van der Waals surface area contributed by atoms with Gasteiger partial charge < -0.3 is 14.8 Å². The van der Waals surface area contributed by atoms with E-state index < -0.39 is 23.2 Å². The molecule has 1 aromatic carbocycles. The fourth-order valence-electron chi connectivity index (χ4n) is 3.34. The van der Waals surface area contributed by atoms with Gasteiger partial charge in [0, 0.05) is 31.9 Å². The molecule has 0 aliphatic carbocycles. The number of anilines is 1. The lowest BCUT2D eigenvalue weighted by Crippen LogP contribution is -2.38. The van der Waals surface area contributed by atoms with E-state index in [0.717, 1.165) is 25.0 Å². The summed E-state index contributed by atoms with van der Waals surface area (Å²) in [5.74, 6) is -0.585. The Morgan fingerprint density at radius 2 is 1.77 bits per heavy atom. The van der Waals surface area contributed by atoms with E-state index in [4.69, 9.17) is 0 Å². The third-order valence-corrected chi connectivity index (χ3v) is 5.20. The van der Waals surface area contributed by atoms with Crippen molar-refractivity contribution in [2.24, 2.45) is 13.0 Å². The van der Waals surface area contributed by atoms with E-state index in [2.05, 4.69) is 12.2 Å². The molecular weight excluding hydrogens is 399 g/mol. The maximum atomic E-state index is 12.9. The van der Waals surface area contributed by atoms with Crippen molar-refractivity contribution in [1.82, 2.24) is 9.47 Å². The van der Waals surface area contributed by atoms with E-state index in [1.165, 1.54) is 29.9 Å². The fourth-order valence-corrected chi connectivity index (χ4v) is 3.34. The van der Waals surface area contributed by atoms with Crippen LogP contribution in [0.5, 0.6) is 0 Å². The quantitative estimate of drug-likeness (QED) is 0.824. The standard InChI is InChI=1S/C21H22F3N3O3/c1-13-6-8-27(9-7-13)19(29)15-11-17(20(30)26(2)12-15)25-18(28)14-4-3-5-16(10-14)21(22,23)24/h3-5,10-13H,6-9H2,1-2H3,(H,25,28). The summed E-state index contributed by atoms with van der Waals surface area (Å²) in [4.78, 5) is 39.4. The molecule has 2 heterocycles. The zero-order valence-electron chi connectivity index (χ0n) is 16.6. The number of hydrogen-bond donors (Lipinski definition) is 1. The summed E-state index contributed by atoms with van der Waals surface area (Å²) in [5.41, 5.74) is -1.72. The van der Waals surface area contributed by atoms with Crippen LogP contribution >= 0.6 is 0 Å². The van der Waals surface area contributed by atoms with Crippen LogP contribution in [-0.2, 0) is 13.2 Å². The minimum atomic E-state index is -4.59. The number of carbonyl (C=O) groups is 2. The smallest absolute Gasteiger partial charge is 0.339 e. The molecule has 1 aliphatic heterocycles. The Hall–Kier alpha value is -3.10. The Bertz CT molecular complexity index is 1020.